The number of carbonyl (C=O) groups is 1. The molecule has 0 saturated carbocycles. The monoisotopic (exact) mass is 325 g/mol. The van der Waals surface area contributed by atoms with Gasteiger partial charge in [0.25, 0.3) is 0 Å². The van der Waals surface area contributed by atoms with Crippen molar-refractivity contribution in [2.75, 3.05) is 18.2 Å². The van der Waals surface area contributed by atoms with E-state index in [-0.39, 0.29) is 6.42 Å². The quantitative estimate of drug-likeness (QED) is 0.842. The second-order valence-corrected chi connectivity index (χ2v) is 5.05. The van der Waals surface area contributed by atoms with Crippen LogP contribution >= 0.6 is 23.2 Å². The number of benzene rings is 1. The smallest absolute Gasteiger partial charge is 0.310 e. The molecule has 0 fully saturated rings. The SMILES string of the molecule is COC(=O)Cc1c(Cl)cc(Nc2ncccc2N)cc1Cl. The van der Waals surface area contributed by atoms with E-state index in [0.29, 0.717) is 32.8 Å². The number of rotatable bonds is 4. The number of nitrogens with one attached hydrogen (secondary N) is 1. The Balaban J connectivity index is 2.28. The van der Waals surface area contributed by atoms with Crippen molar-refractivity contribution in [3.8, 4) is 0 Å². The Morgan fingerprint density at radius 2 is 2.05 bits per heavy atom. The minimum absolute atomic E-state index is 0.0141. The molecule has 3 N–H and O–H groups in total. The first-order chi connectivity index (χ1) is 10.0. The van der Waals surface area contributed by atoms with Crippen molar-refractivity contribution in [1.29, 1.82) is 0 Å². The van der Waals surface area contributed by atoms with Gasteiger partial charge in [0.15, 0.2) is 5.82 Å². The van der Waals surface area contributed by atoms with Crippen LogP contribution in [-0.4, -0.2) is 18.1 Å². The molecule has 0 radical (unpaired) electrons. The number of hydrogen-bond acceptors (Lipinski definition) is 5. The molecule has 7 heteroatoms. The van der Waals surface area contributed by atoms with Gasteiger partial charge in [-0.15, -0.1) is 0 Å². The Morgan fingerprint density at radius 3 is 2.62 bits per heavy atom. The number of nitrogen functional groups attached to an aromatic ring is 1. The van der Waals surface area contributed by atoms with Gasteiger partial charge in [0.2, 0.25) is 0 Å². The number of aromatic nitrogens is 1. The van der Waals surface area contributed by atoms with E-state index in [1.807, 2.05) is 0 Å². The molecule has 0 aliphatic heterocycles. The van der Waals surface area contributed by atoms with Crippen molar-refractivity contribution in [2.45, 2.75) is 6.42 Å². The number of nitrogens with two attached hydrogens (primary N) is 1. The summed E-state index contributed by atoms with van der Waals surface area (Å²) in [6.45, 7) is 0. The Labute approximate surface area is 132 Å². The highest BCUT2D eigenvalue weighted by molar-refractivity contribution is 6.36. The molecular formula is C14H13Cl2N3O2. The number of carbonyl (C=O) groups excluding carboxylic acids is 1. The van der Waals surface area contributed by atoms with Crippen LogP contribution in [0, 0.1) is 0 Å². The van der Waals surface area contributed by atoms with Gasteiger partial charge in [-0.3, -0.25) is 4.79 Å². The van der Waals surface area contributed by atoms with E-state index in [1.165, 1.54) is 7.11 Å². The summed E-state index contributed by atoms with van der Waals surface area (Å²) in [5.41, 5.74) is 7.46. The summed E-state index contributed by atoms with van der Waals surface area (Å²) in [6.07, 6.45) is 1.63. The third-order valence-corrected chi connectivity index (χ3v) is 3.47. The van der Waals surface area contributed by atoms with Gasteiger partial charge in [0, 0.05) is 27.5 Å². The molecular weight excluding hydrogens is 313 g/mol. The molecule has 2 aromatic rings. The van der Waals surface area contributed by atoms with Gasteiger partial charge in [0.1, 0.15) is 0 Å². The average molecular weight is 326 g/mol. The maximum Gasteiger partial charge on any atom is 0.310 e. The van der Waals surface area contributed by atoms with Crippen LogP contribution in [0.5, 0.6) is 0 Å². The van der Waals surface area contributed by atoms with Gasteiger partial charge in [-0.1, -0.05) is 23.2 Å². The van der Waals surface area contributed by atoms with Crippen LogP contribution in [-0.2, 0) is 16.0 Å². The van der Waals surface area contributed by atoms with Gasteiger partial charge in [-0.05, 0) is 24.3 Å². The number of pyridine rings is 1. The molecule has 1 heterocycles. The van der Waals surface area contributed by atoms with Gasteiger partial charge in [0.05, 0.1) is 19.2 Å². The first-order valence-electron chi connectivity index (χ1n) is 6.03. The maximum absolute atomic E-state index is 11.3. The van der Waals surface area contributed by atoms with Crippen LogP contribution in [0.2, 0.25) is 10.0 Å². The van der Waals surface area contributed by atoms with E-state index in [1.54, 1.807) is 30.5 Å². The van der Waals surface area contributed by atoms with Crippen LogP contribution < -0.4 is 11.1 Å². The first-order valence-corrected chi connectivity index (χ1v) is 6.79. The fourth-order valence-electron chi connectivity index (χ4n) is 1.72. The van der Waals surface area contributed by atoms with Crippen LogP contribution in [0.1, 0.15) is 5.56 Å². The second-order valence-electron chi connectivity index (χ2n) is 4.24. The molecule has 0 saturated heterocycles. The zero-order chi connectivity index (χ0) is 15.4. The van der Waals surface area contributed by atoms with E-state index in [4.69, 9.17) is 28.9 Å². The molecule has 0 spiro atoms. The number of halogens is 2. The van der Waals surface area contributed by atoms with Crippen LogP contribution in [0.4, 0.5) is 17.2 Å². The van der Waals surface area contributed by atoms with Crippen LogP contribution in [0.3, 0.4) is 0 Å². The van der Waals surface area contributed by atoms with Crippen molar-refractivity contribution in [2.24, 2.45) is 0 Å². The maximum atomic E-state index is 11.3. The second kappa shape index (κ2) is 6.65. The fraction of sp³-hybridized carbons (Fsp3) is 0.143. The number of methoxy groups -OCH3 is 1. The number of ether oxygens (including phenoxy) is 1. The van der Waals surface area contributed by atoms with E-state index in [2.05, 4.69) is 15.0 Å². The average Bonchev–Trinajstić information content (AvgIpc) is 2.45. The lowest BCUT2D eigenvalue weighted by atomic mass is 10.1. The Bertz CT molecular complexity index is 654. The number of anilines is 3. The zero-order valence-electron chi connectivity index (χ0n) is 11.2. The number of hydrogen-bond donors (Lipinski definition) is 2. The molecule has 110 valence electrons. The Kier molecular flexibility index (Phi) is 4.88. The highest BCUT2D eigenvalue weighted by Crippen LogP contribution is 2.31. The third-order valence-electron chi connectivity index (χ3n) is 2.79. The molecule has 1 aromatic heterocycles. The molecule has 0 atom stereocenters. The topological polar surface area (TPSA) is 77.2 Å². The van der Waals surface area contributed by atoms with E-state index in [0.717, 1.165) is 0 Å². The summed E-state index contributed by atoms with van der Waals surface area (Å²) in [7, 11) is 1.31. The van der Waals surface area contributed by atoms with Gasteiger partial charge < -0.3 is 15.8 Å². The summed E-state index contributed by atoms with van der Waals surface area (Å²) in [5.74, 6) is 0.0961. The molecule has 1 aromatic carbocycles. The van der Waals surface area contributed by atoms with Crippen molar-refractivity contribution in [3.05, 3.63) is 46.1 Å². The molecule has 0 aliphatic rings. The molecule has 0 aliphatic carbocycles. The normalized spacial score (nSPS) is 10.2. The number of esters is 1. The Morgan fingerprint density at radius 1 is 1.38 bits per heavy atom. The third kappa shape index (κ3) is 3.77. The van der Waals surface area contributed by atoms with E-state index in [9.17, 15) is 4.79 Å². The summed E-state index contributed by atoms with van der Waals surface area (Å²) < 4.78 is 4.61. The lowest BCUT2D eigenvalue weighted by molar-refractivity contribution is -0.139. The molecule has 5 nitrogen and oxygen atoms in total. The first kappa shape index (κ1) is 15.4. The molecule has 21 heavy (non-hydrogen) atoms. The van der Waals surface area contributed by atoms with Gasteiger partial charge in [-0.25, -0.2) is 4.98 Å². The summed E-state index contributed by atoms with van der Waals surface area (Å²) >= 11 is 12.3. The number of nitrogens with zero attached hydrogens (tertiary/aromatic N) is 1. The van der Waals surface area contributed by atoms with E-state index >= 15 is 0 Å². The molecule has 0 unspecified atom stereocenters. The predicted octanol–water partition coefficient (Wildman–Crippen LogP) is 3.43. The standard InChI is InChI=1S/C14H13Cl2N3O2/c1-21-13(20)7-9-10(15)5-8(6-11(9)16)19-14-12(17)3-2-4-18-14/h2-6H,7,17H2,1H3,(H,18,19). The molecule has 0 bridgehead atoms. The van der Waals surface area contributed by atoms with Gasteiger partial charge >= 0.3 is 5.97 Å². The Hall–Kier alpha value is -1.98. The molecule has 0 amide bonds. The minimum Gasteiger partial charge on any atom is -0.469 e. The lowest BCUT2D eigenvalue weighted by Gasteiger charge is -2.12. The highest BCUT2D eigenvalue weighted by atomic mass is 35.5. The van der Waals surface area contributed by atoms with Crippen LogP contribution in [0.15, 0.2) is 30.5 Å². The van der Waals surface area contributed by atoms with Crippen molar-refractivity contribution >= 4 is 46.4 Å². The van der Waals surface area contributed by atoms with Gasteiger partial charge in [-0.2, -0.15) is 0 Å². The van der Waals surface area contributed by atoms with Crippen molar-refractivity contribution in [1.82, 2.24) is 4.98 Å². The summed E-state index contributed by atoms with van der Waals surface area (Å²) in [4.78, 5) is 15.4. The summed E-state index contributed by atoms with van der Waals surface area (Å²) in [6, 6.07) is 6.77. The van der Waals surface area contributed by atoms with Crippen molar-refractivity contribution < 1.29 is 9.53 Å². The minimum atomic E-state index is -0.409. The zero-order valence-corrected chi connectivity index (χ0v) is 12.7. The van der Waals surface area contributed by atoms with Crippen molar-refractivity contribution in [3.63, 3.8) is 0 Å². The fourth-order valence-corrected chi connectivity index (χ4v) is 2.34. The van der Waals surface area contributed by atoms with Crippen LogP contribution in [0.25, 0.3) is 0 Å². The predicted molar refractivity (Wildman–Crippen MR) is 84.1 cm³/mol. The van der Waals surface area contributed by atoms with E-state index < -0.39 is 5.97 Å². The molecule has 2 rings (SSSR count). The summed E-state index contributed by atoms with van der Waals surface area (Å²) in [5, 5.41) is 3.76. The highest BCUT2D eigenvalue weighted by Gasteiger charge is 2.13. The largest absolute Gasteiger partial charge is 0.469 e. The lowest BCUT2D eigenvalue weighted by Crippen LogP contribution is -2.06.